The van der Waals surface area contributed by atoms with E-state index in [1.54, 1.807) is 4.90 Å². The summed E-state index contributed by atoms with van der Waals surface area (Å²) in [5.41, 5.74) is 18.9. The van der Waals surface area contributed by atoms with Crippen molar-refractivity contribution in [3.05, 3.63) is 71.8 Å². The molecule has 0 radical (unpaired) electrons. The molecule has 2 aromatic carbocycles. The second kappa shape index (κ2) is 18.7. The number of carbonyl (C=O) groups is 5. The summed E-state index contributed by atoms with van der Waals surface area (Å²) in [7, 11) is 1.29. The molecule has 1 heterocycles. The molecule has 3 amide bonds. The van der Waals surface area contributed by atoms with Gasteiger partial charge in [-0.05, 0) is 75.0 Å². The molecular weight excluding hydrogens is 636 g/mol. The van der Waals surface area contributed by atoms with Crippen molar-refractivity contribution in [1.82, 2.24) is 15.5 Å². The molecule has 272 valence electrons. The predicted octanol–water partition coefficient (Wildman–Crippen LogP) is 1.77. The largest absolute Gasteiger partial charge is 0.468 e. The highest BCUT2D eigenvalue weighted by molar-refractivity contribution is 5.95. The highest BCUT2D eigenvalue weighted by Crippen LogP contribution is 2.36. The number of hydrogen-bond donors (Lipinski definition) is 5. The minimum Gasteiger partial charge on any atom is -0.468 e. The van der Waals surface area contributed by atoms with Gasteiger partial charge < -0.3 is 37.5 Å². The molecule has 2 aliphatic rings. The van der Waals surface area contributed by atoms with Gasteiger partial charge in [0.05, 0.1) is 19.2 Å². The Morgan fingerprint density at radius 1 is 0.860 bits per heavy atom. The first-order chi connectivity index (χ1) is 24.0. The summed E-state index contributed by atoms with van der Waals surface area (Å²) in [6.07, 6.45) is 5.15. The van der Waals surface area contributed by atoms with Crippen molar-refractivity contribution < 1.29 is 28.7 Å². The Labute approximate surface area is 295 Å². The van der Waals surface area contributed by atoms with E-state index < -0.39 is 41.5 Å². The van der Waals surface area contributed by atoms with Crippen molar-refractivity contribution >= 4 is 29.5 Å². The van der Waals surface area contributed by atoms with E-state index in [9.17, 15) is 24.0 Å². The Morgan fingerprint density at radius 2 is 1.44 bits per heavy atom. The summed E-state index contributed by atoms with van der Waals surface area (Å²) >= 11 is 0. The fourth-order valence-corrected chi connectivity index (χ4v) is 6.55. The summed E-state index contributed by atoms with van der Waals surface area (Å²) in [4.78, 5) is 68.9. The lowest BCUT2D eigenvalue weighted by atomic mass is 9.88. The van der Waals surface area contributed by atoms with Crippen molar-refractivity contribution in [3.8, 4) is 0 Å². The second-order valence-electron chi connectivity index (χ2n) is 13.9. The standard InChI is InChI=1S/C38H54N6O6/c1-50-37(49)38(41)17-20-44(21-18-38)36(48)31(14-8-9-19-39)42-34(46)29(22-28-15-16-28)25-33(45)32(24-27-12-6-3-7-13-27)43-35(47)30(40)23-26-10-4-2-5-11-26/h2-7,10-13,28-32H,8-9,14-25,39-41H2,1H3,(H,42,46)(H,43,47)/t29-,30+,31+,32+/m0/s1. The van der Waals surface area contributed by atoms with Crippen molar-refractivity contribution in [3.63, 3.8) is 0 Å². The van der Waals surface area contributed by atoms with Crippen LogP contribution in [0.5, 0.6) is 0 Å². The lowest BCUT2D eigenvalue weighted by molar-refractivity contribution is -0.151. The van der Waals surface area contributed by atoms with Crippen molar-refractivity contribution in [2.75, 3.05) is 26.7 Å². The maximum atomic E-state index is 14.0. The zero-order valence-electron chi connectivity index (χ0n) is 29.2. The van der Waals surface area contributed by atoms with Crippen LogP contribution in [0.1, 0.15) is 68.9 Å². The SMILES string of the molecule is COC(=O)C1(N)CCN(C(=O)[C@@H](CCCCN)NC(=O)[C@H](CC(=O)[C@@H](Cc2ccccc2)NC(=O)[C@H](N)Cc2ccccc2)CC2CC2)CC1. The van der Waals surface area contributed by atoms with Crippen LogP contribution in [0.15, 0.2) is 60.7 Å². The maximum absolute atomic E-state index is 14.0. The third kappa shape index (κ3) is 11.5. The highest BCUT2D eigenvalue weighted by atomic mass is 16.5. The second-order valence-corrected chi connectivity index (χ2v) is 13.9. The smallest absolute Gasteiger partial charge is 0.325 e. The molecule has 8 N–H and O–H groups in total. The molecule has 1 saturated heterocycles. The molecule has 0 aromatic heterocycles. The number of carbonyl (C=O) groups excluding carboxylic acids is 5. The average Bonchev–Trinajstić information content (AvgIpc) is 3.95. The summed E-state index contributed by atoms with van der Waals surface area (Å²) in [5.74, 6) is -2.17. The Balaban J connectivity index is 1.46. The Kier molecular flexibility index (Phi) is 14.5. The molecule has 1 aliphatic carbocycles. The van der Waals surface area contributed by atoms with E-state index in [2.05, 4.69) is 10.6 Å². The quantitative estimate of drug-likeness (QED) is 0.108. The number of likely N-dealkylation sites (tertiary alicyclic amines) is 1. The number of methoxy groups -OCH3 is 1. The van der Waals surface area contributed by atoms with E-state index in [-0.39, 0.29) is 56.4 Å². The summed E-state index contributed by atoms with van der Waals surface area (Å²) in [5, 5.41) is 5.88. The number of amides is 3. The number of hydrogen-bond acceptors (Lipinski definition) is 9. The third-order valence-electron chi connectivity index (χ3n) is 9.88. The van der Waals surface area contributed by atoms with Crippen LogP contribution in [-0.4, -0.2) is 84.8 Å². The molecule has 12 heteroatoms. The van der Waals surface area contributed by atoms with Crippen molar-refractivity contribution in [1.29, 1.82) is 0 Å². The van der Waals surface area contributed by atoms with Gasteiger partial charge in [-0.15, -0.1) is 0 Å². The van der Waals surface area contributed by atoms with Crippen molar-refractivity contribution in [2.24, 2.45) is 29.0 Å². The van der Waals surface area contributed by atoms with E-state index in [0.717, 1.165) is 24.0 Å². The fourth-order valence-electron chi connectivity index (χ4n) is 6.55. The topological polar surface area (TPSA) is 200 Å². The van der Waals surface area contributed by atoms with E-state index >= 15 is 0 Å². The number of piperidine rings is 1. The molecular formula is C38H54N6O6. The predicted molar refractivity (Wildman–Crippen MR) is 190 cm³/mol. The number of ether oxygens (including phenoxy) is 1. The molecule has 50 heavy (non-hydrogen) atoms. The molecule has 2 fully saturated rings. The van der Waals surface area contributed by atoms with Gasteiger partial charge in [-0.2, -0.15) is 0 Å². The number of benzene rings is 2. The van der Waals surface area contributed by atoms with Crippen LogP contribution in [0.2, 0.25) is 0 Å². The first-order valence-electron chi connectivity index (χ1n) is 17.9. The third-order valence-corrected chi connectivity index (χ3v) is 9.88. The number of nitrogens with zero attached hydrogens (tertiary/aromatic N) is 1. The summed E-state index contributed by atoms with van der Waals surface area (Å²) in [6.45, 7) is 0.964. The van der Waals surface area contributed by atoms with Crippen LogP contribution < -0.4 is 27.8 Å². The van der Waals surface area contributed by atoms with E-state index in [1.807, 2.05) is 60.7 Å². The monoisotopic (exact) mass is 690 g/mol. The van der Waals surface area contributed by atoms with E-state index in [0.29, 0.717) is 44.6 Å². The number of Topliss-reactive ketones (excluding diaryl/α,β-unsaturated/α-hetero) is 1. The highest BCUT2D eigenvalue weighted by Gasteiger charge is 2.41. The number of nitrogens with two attached hydrogens (primary N) is 3. The number of nitrogens with one attached hydrogen (secondary N) is 2. The fraction of sp³-hybridized carbons (Fsp3) is 0.553. The van der Waals surface area contributed by atoms with Gasteiger partial charge in [-0.25, -0.2) is 0 Å². The normalized spacial score (nSPS) is 17.9. The Bertz CT molecular complexity index is 1430. The summed E-state index contributed by atoms with van der Waals surface area (Å²) in [6, 6.07) is 16.3. The molecule has 0 unspecified atom stereocenters. The zero-order valence-corrected chi connectivity index (χ0v) is 29.2. The lowest BCUT2D eigenvalue weighted by Crippen LogP contribution is -2.59. The Morgan fingerprint density at radius 3 is 2.00 bits per heavy atom. The first-order valence-corrected chi connectivity index (χ1v) is 17.9. The van der Waals surface area contributed by atoms with Gasteiger partial charge >= 0.3 is 5.97 Å². The molecule has 1 saturated carbocycles. The van der Waals surface area contributed by atoms with Gasteiger partial charge in [0, 0.05) is 25.4 Å². The zero-order chi connectivity index (χ0) is 36.1. The summed E-state index contributed by atoms with van der Waals surface area (Å²) < 4.78 is 4.86. The van der Waals surface area contributed by atoms with Crippen LogP contribution in [-0.2, 0) is 41.6 Å². The van der Waals surface area contributed by atoms with Crippen LogP contribution in [0, 0.1) is 11.8 Å². The van der Waals surface area contributed by atoms with Gasteiger partial charge in [0.25, 0.3) is 0 Å². The molecule has 2 aromatic rings. The average molecular weight is 691 g/mol. The van der Waals surface area contributed by atoms with Crippen LogP contribution in [0.4, 0.5) is 0 Å². The van der Waals surface area contributed by atoms with Gasteiger partial charge in [0.15, 0.2) is 5.78 Å². The van der Waals surface area contributed by atoms with Crippen LogP contribution in [0.25, 0.3) is 0 Å². The Hall–Kier alpha value is -4.13. The molecule has 0 bridgehead atoms. The molecule has 0 spiro atoms. The van der Waals surface area contributed by atoms with Gasteiger partial charge in [-0.1, -0.05) is 73.5 Å². The first kappa shape index (κ1) is 38.7. The van der Waals surface area contributed by atoms with Gasteiger partial charge in [0.1, 0.15) is 11.6 Å². The number of ketones is 1. The minimum atomic E-state index is -1.16. The maximum Gasteiger partial charge on any atom is 0.325 e. The van der Waals surface area contributed by atoms with Crippen LogP contribution in [0.3, 0.4) is 0 Å². The van der Waals surface area contributed by atoms with E-state index in [1.165, 1.54) is 7.11 Å². The minimum absolute atomic E-state index is 0.0870. The number of rotatable bonds is 19. The lowest BCUT2D eigenvalue weighted by Gasteiger charge is -2.38. The van der Waals surface area contributed by atoms with Gasteiger partial charge in [0.2, 0.25) is 17.7 Å². The molecule has 12 nitrogen and oxygen atoms in total. The van der Waals surface area contributed by atoms with Gasteiger partial charge in [-0.3, -0.25) is 24.0 Å². The molecule has 4 rings (SSSR count). The number of esters is 1. The molecule has 1 aliphatic heterocycles. The van der Waals surface area contributed by atoms with Crippen molar-refractivity contribution in [2.45, 2.75) is 94.3 Å². The number of unbranched alkanes of at least 4 members (excludes halogenated alkanes) is 1. The van der Waals surface area contributed by atoms with E-state index in [4.69, 9.17) is 21.9 Å². The molecule has 4 atom stereocenters. The van der Waals surface area contributed by atoms with Crippen LogP contribution >= 0.6 is 0 Å².